The molecule has 1 aromatic carbocycles. The fourth-order valence-electron chi connectivity index (χ4n) is 1.45. The van der Waals surface area contributed by atoms with E-state index in [-0.39, 0.29) is 0 Å². The van der Waals surface area contributed by atoms with Crippen LogP contribution < -0.4 is 0 Å². The molecule has 3 nitrogen and oxygen atoms in total. The van der Waals surface area contributed by atoms with Crippen LogP contribution in [-0.4, -0.2) is 16.1 Å². The molecular formula is C13H10BrNO2S. The number of rotatable bonds is 3. The van der Waals surface area contributed by atoms with Gasteiger partial charge < -0.3 is 5.11 Å². The molecule has 0 radical (unpaired) electrons. The van der Waals surface area contributed by atoms with Crippen molar-refractivity contribution < 1.29 is 9.90 Å². The first-order chi connectivity index (χ1) is 8.56. The monoisotopic (exact) mass is 323 g/mol. The second kappa shape index (κ2) is 5.46. The summed E-state index contributed by atoms with van der Waals surface area (Å²) in [6.45, 7) is 1.87. The normalized spacial score (nSPS) is 11.0. The molecule has 2 rings (SSSR count). The smallest absolute Gasteiger partial charge is 0.328 e. The topological polar surface area (TPSA) is 50.2 Å². The molecule has 5 heteroatoms. The lowest BCUT2D eigenvalue weighted by Crippen LogP contribution is -1.85. The number of carboxylic acids is 1. The number of aliphatic carboxylic acids is 1. The molecule has 92 valence electrons. The first kappa shape index (κ1) is 13.0. The van der Waals surface area contributed by atoms with Gasteiger partial charge in [-0.1, -0.05) is 28.1 Å². The zero-order valence-electron chi connectivity index (χ0n) is 9.55. The van der Waals surface area contributed by atoms with E-state index in [4.69, 9.17) is 5.11 Å². The lowest BCUT2D eigenvalue weighted by Gasteiger charge is -1.95. The van der Waals surface area contributed by atoms with Gasteiger partial charge >= 0.3 is 5.97 Å². The van der Waals surface area contributed by atoms with Crippen molar-refractivity contribution in [2.24, 2.45) is 0 Å². The number of thiazole rings is 1. The molecule has 1 N–H and O–H groups in total. The van der Waals surface area contributed by atoms with Crippen LogP contribution >= 0.6 is 27.3 Å². The van der Waals surface area contributed by atoms with E-state index in [9.17, 15) is 4.79 Å². The van der Waals surface area contributed by atoms with Crippen LogP contribution in [0, 0.1) is 6.92 Å². The van der Waals surface area contributed by atoms with Crippen molar-refractivity contribution in [1.82, 2.24) is 4.98 Å². The second-order valence-electron chi connectivity index (χ2n) is 3.65. The summed E-state index contributed by atoms with van der Waals surface area (Å²) in [4.78, 5) is 15.8. The summed E-state index contributed by atoms with van der Waals surface area (Å²) in [6, 6.07) is 7.87. The van der Waals surface area contributed by atoms with Gasteiger partial charge in [0.25, 0.3) is 0 Å². The van der Waals surface area contributed by atoms with Crippen LogP contribution in [0.4, 0.5) is 0 Å². The molecule has 0 amide bonds. The quantitative estimate of drug-likeness (QED) is 0.869. The van der Waals surface area contributed by atoms with Crippen LogP contribution in [0.5, 0.6) is 0 Å². The molecule has 0 atom stereocenters. The van der Waals surface area contributed by atoms with Crippen molar-refractivity contribution in [1.29, 1.82) is 0 Å². The number of hydrogen-bond donors (Lipinski definition) is 1. The Kier molecular flexibility index (Phi) is 3.93. The van der Waals surface area contributed by atoms with Gasteiger partial charge in [-0.3, -0.25) is 0 Å². The van der Waals surface area contributed by atoms with Gasteiger partial charge in [0.1, 0.15) is 5.01 Å². The summed E-state index contributed by atoms with van der Waals surface area (Å²) in [6.07, 6.45) is 2.71. The predicted molar refractivity (Wildman–Crippen MR) is 76.7 cm³/mol. The highest BCUT2D eigenvalue weighted by Gasteiger charge is 2.07. The zero-order valence-corrected chi connectivity index (χ0v) is 12.0. The Balaban J connectivity index is 2.37. The van der Waals surface area contributed by atoms with Crippen molar-refractivity contribution in [3.05, 3.63) is 45.4 Å². The third kappa shape index (κ3) is 3.05. The Labute approximate surface area is 117 Å². The lowest BCUT2D eigenvalue weighted by molar-refractivity contribution is -0.131. The van der Waals surface area contributed by atoms with Crippen LogP contribution in [-0.2, 0) is 4.79 Å². The van der Waals surface area contributed by atoms with Gasteiger partial charge in [-0.2, -0.15) is 0 Å². The minimum Gasteiger partial charge on any atom is -0.478 e. The van der Waals surface area contributed by atoms with E-state index >= 15 is 0 Å². The van der Waals surface area contributed by atoms with E-state index < -0.39 is 5.97 Å². The largest absolute Gasteiger partial charge is 0.478 e. The Hall–Kier alpha value is -1.46. The Morgan fingerprint density at radius 1 is 1.50 bits per heavy atom. The number of halogens is 1. The third-order valence-corrected chi connectivity index (χ3v) is 3.95. The third-order valence-electron chi connectivity index (χ3n) is 2.28. The molecule has 0 aliphatic carbocycles. The number of aromatic nitrogens is 1. The zero-order chi connectivity index (χ0) is 13.1. The molecule has 0 bridgehead atoms. The number of benzene rings is 1. The maximum absolute atomic E-state index is 10.5. The highest BCUT2D eigenvalue weighted by atomic mass is 79.9. The van der Waals surface area contributed by atoms with Crippen LogP contribution in [0.25, 0.3) is 16.6 Å². The maximum Gasteiger partial charge on any atom is 0.328 e. The SMILES string of the molecule is Cc1nc(-c2cccc(Br)c2)sc1/C=C/C(=O)O. The van der Waals surface area contributed by atoms with Crippen molar-refractivity contribution >= 4 is 39.3 Å². The summed E-state index contributed by atoms with van der Waals surface area (Å²) in [5.74, 6) is -0.952. The predicted octanol–water partition coefficient (Wildman–Crippen LogP) is 3.98. The van der Waals surface area contributed by atoms with E-state index in [1.54, 1.807) is 6.08 Å². The molecular weight excluding hydrogens is 314 g/mol. The molecule has 0 unspecified atom stereocenters. The fourth-order valence-corrected chi connectivity index (χ4v) is 2.82. The highest BCUT2D eigenvalue weighted by Crippen LogP contribution is 2.30. The van der Waals surface area contributed by atoms with Gasteiger partial charge in [0, 0.05) is 16.1 Å². The maximum atomic E-state index is 10.5. The van der Waals surface area contributed by atoms with Gasteiger partial charge in [-0.25, -0.2) is 9.78 Å². The number of nitrogens with zero attached hydrogens (tertiary/aromatic N) is 1. The number of carbonyl (C=O) groups is 1. The van der Waals surface area contributed by atoms with E-state index in [1.165, 1.54) is 11.3 Å². The van der Waals surface area contributed by atoms with Crippen LogP contribution in [0.2, 0.25) is 0 Å². The summed E-state index contributed by atoms with van der Waals surface area (Å²) < 4.78 is 0.996. The van der Waals surface area contributed by atoms with Crippen molar-refractivity contribution in [3.63, 3.8) is 0 Å². The summed E-state index contributed by atoms with van der Waals surface area (Å²) in [5.41, 5.74) is 1.86. The van der Waals surface area contributed by atoms with E-state index in [2.05, 4.69) is 20.9 Å². The Morgan fingerprint density at radius 2 is 2.28 bits per heavy atom. The van der Waals surface area contributed by atoms with Gasteiger partial charge in [0.2, 0.25) is 0 Å². The summed E-state index contributed by atoms with van der Waals surface area (Å²) in [7, 11) is 0. The summed E-state index contributed by atoms with van der Waals surface area (Å²) in [5, 5.41) is 9.50. The van der Waals surface area contributed by atoms with Crippen molar-refractivity contribution in [2.45, 2.75) is 6.92 Å². The molecule has 2 aromatic rings. The molecule has 0 saturated heterocycles. The minimum absolute atomic E-state index is 0.840. The first-order valence-electron chi connectivity index (χ1n) is 5.20. The molecule has 0 spiro atoms. The van der Waals surface area contributed by atoms with E-state index in [1.807, 2.05) is 31.2 Å². The van der Waals surface area contributed by atoms with Gasteiger partial charge in [0.05, 0.1) is 10.6 Å². The van der Waals surface area contributed by atoms with Gasteiger partial charge in [-0.05, 0) is 25.1 Å². The second-order valence-corrected chi connectivity index (χ2v) is 5.60. The van der Waals surface area contributed by atoms with Crippen LogP contribution in [0.1, 0.15) is 10.6 Å². The molecule has 18 heavy (non-hydrogen) atoms. The van der Waals surface area contributed by atoms with E-state index in [0.29, 0.717) is 0 Å². The number of carboxylic acid groups (broad SMARTS) is 1. The minimum atomic E-state index is -0.952. The average molecular weight is 324 g/mol. The molecule has 0 fully saturated rings. The Bertz CT molecular complexity index is 619. The molecule has 0 aliphatic rings. The molecule has 0 aliphatic heterocycles. The van der Waals surface area contributed by atoms with Crippen LogP contribution in [0.3, 0.4) is 0 Å². The van der Waals surface area contributed by atoms with Gasteiger partial charge in [0.15, 0.2) is 0 Å². The van der Waals surface area contributed by atoms with Crippen molar-refractivity contribution in [3.8, 4) is 10.6 Å². The first-order valence-corrected chi connectivity index (χ1v) is 6.81. The molecule has 0 saturated carbocycles. The van der Waals surface area contributed by atoms with Gasteiger partial charge in [-0.15, -0.1) is 11.3 Å². The fraction of sp³-hybridized carbons (Fsp3) is 0.0769. The highest BCUT2D eigenvalue weighted by molar-refractivity contribution is 9.10. The lowest BCUT2D eigenvalue weighted by atomic mass is 10.2. The standard InChI is InChI=1S/C13H10BrNO2S/c1-8-11(5-6-12(16)17)18-13(15-8)9-3-2-4-10(14)7-9/h2-7H,1H3,(H,16,17)/b6-5+. The molecule has 1 heterocycles. The average Bonchev–Trinajstić information content (AvgIpc) is 2.68. The molecule has 1 aromatic heterocycles. The van der Waals surface area contributed by atoms with E-state index in [0.717, 1.165) is 31.7 Å². The number of aryl methyl sites for hydroxylation is 1. The van der Waals surface area contributed by atoms with Crippen molar-refractivity contribution in [2.75, 3.05) is 0 Å². The van der Waals surface area contributed by atoms with Crippen LogP contribution in [0.15, 0.2) is 34.8 Å². The number of hydrogen-bond acceptors (Lipinski definition) is 3. The summed E-state index contributed by atoms with van der Waals surface area (Å²) >= 11 is 4.90. The Morgan fingerprint density at radius 3 is 2.94 bits per heavy atom.